The number of fused-ring (bicyclic) bond motifs is 7. The smallest absolute Gasteiger partial charge is 0.135 e. The molecule has 55 heavy (non-hydrogen) atoms. The quantitative estimate of drug-likeness (QED) is 0.170. The molecule has 11 aromatic rings. The number of anilines is 3. The fourth-order valence-corrected chi connectivity index (χ4v) is 9.14. The number of para-hydroxylation sites is 1. The summed E-state index contributed by atoms with van der Waals surface area (Å²) in [4.78, 5) is 2.36. The monoisotopic (exact) mass is 719 g/mol. The Morgan fingerprint density at radius 1 is 0.309 bits per heavy atom. The van der Waals surface area contributed by atoms with Crippen LogP contribution in [0.3, 0.4) is 0 Å². The van der Waals surface area contributed by atoms with Crippen LogP contribution in [0.2, 0.25) is 0 Å². The van der Waals surface area contributed by atoms with E-state index in [9.17, 15) is 0 Å². The third-order valence-electron chi connectivity index (χ3n) is 10.9. The second-order valence-electron chi connectivity index (χ2n) is 14.2. The summed E-state index contributed by atoms with van der Waals surface area (Å²) in [5, 5.41) is 7.39. The van der Waals surface area contributed by atoms with Gasteiger partial charge in [0, 0.05) is 48.0 Å². The summed E-state index contributed by atoms with van der Waals surface area (Å²) in [6, 6.07) is 72.4. The van der Waals surface area contributed by atoms with E-state index in [1.807, 2.05) is 23.5 Å². The Hall–Kier alpha value is -6.94. The zero-order valence-corrected chi connectivity index (χ0v) is 30.6. The molecule has 0 saturated heterocycles. The van der Waals surface area contributed by atoms with Gasteiger partial charge >= 0.3 is 0 Å². The van der Waals surface area contributed by atoms with Gasteiger partial charge < -0.3 is 9.32 Å². The van der Waals surface area contributed by atoms with Gasteiger partial charge in [-0.05, 0) is 123 Å². The minimum atomic E-state index is 0.908. The third kappa shape index (κ3) is 5.56. The van der Waals surface area contributed by atoms with E-state index >= 15 is 0 Å². The molecule has 2 aromatic heterocycles. The van der Waals surface area contributed by atoms with Crippen molar-refractivity contribution in [2.45, 2.75) is 0 Å². The van der Waals surface area contributed by atoms with Crippen LogP contribution in [-0.2, 0) is 0 Å². The molecule has 0 fully saturated rings. The van der Waals surface area contributed by atoms with Gasteiger partial charge in [-0.15, -0.1) is 11.3 Å². The Kier molecular flexibility index (Phi) is 7.39. The molecule has 0 bridgehead atoms. The van der Waals surface area contributed by atoms with Crippen LogP contribution in [0, 0.1) is 0 Å². The Labute approximate surface area is 322 Å². The summed E-state index contributed by atoms with van der Waals surface area (Å²) in [5.74, 6) is 0. The van der Waals surface area contributed by atoms with Crippen molar-refractivity contribution in [2.24, 2.45) is 0 Å². The molecule has 0 spiro atoms. The molecule has 0 radical (unpaired) electrons. The zero-order valence-electron chi connectivity index (χ0n) is 29.8. The number of hydrogen-bond donors (Lipinski definition) is 0. The van der Waals surface area contributed by atoms with Crippen molar-refractivity contribution in [3.8, 4) is 33.4 Å². The molecule has 0 aliphatic carbocycles. The predicted octanol–water partition coefficient (Wildman–Crippen LogP) is 15.6. The molecular weight excluding hydrogens is 687 g/mol. The van der Waals surface area contributed by atoms with E-state index in [0.717, 1.165) is 50.1 Å². The van der Waals surface area contributed by atoms with Crippen molar-refractivity contribution in [3.63, 3.8) is 0 Å². The van der Waals surface area contributed by atoms with Gasteiger partial charge in [0.1, 0.15) is 11.2 Å². The van der Waals surface area contributed by atoms with Crippen LogP contribution in [0.5, 0.6) is 0 Å². The minimum Gasteiger partial charge on any atom is -0.456 e. The Morgan fingerprint density at radius 3 is 1.67 bits per heavy atom. The first-order chi connectivity index (χ1) is 27.2. The molecule has 0 atom stereocenters. The van der Waals surface area contributed by atoms with E-state index in [0.29, 0.717) is 0 Å². The van der Waals surface area contributed by atoms with Crippen LogP contribution in [-0.4, -0.2) is 0 Å². The van der Waals surface area contributed by atoms with Crippen molar-refractivity contribution in [3.05, 3.63) is 200 Å². The van der Waals surface area contributed by atoms with E-state index in [1.165, 1.54) is 53.2 Å². The minimum absolute atomic E-state index is 0.908. The molecule has 2 nitrogen and oxygen atoms in total. The zero-order chi connectivity index (χ0) is 36.3. The molecule has 9 aromatic carbocycles. The van der Waals surface area contributed by atoms with Crippen LogP contribution >= 0.6 is 11.3 Å². The van der Waals surface area contributed by atoms with Crippen molar-refractivity contribution < 1.29 is 4.42 Å². The number of thiophene rings is 1. The molecule has 258 valence electrons. The molecule has 0 N–H and O–H groups in total. The SMILES string of the molecule is c1cc(-c2ccc3ccccc3c2)cc(N(c2ccc(-c3ccc4oc5ccccc5c4c3)cc2)c2ccc(-c3ccc4sc5ccccc5c4c3)cc2)c1. The number of furan rings is 1. The molecule has 0 amide bonds. The summed E-state index contributed by atoms with van der Waals surface area (Å²) >= 11 is 1.86. The summed E-state index contributed by atoms with van der Waals surface area (Å²) < 4.78 is 8.76. The van der Waals surface area contributed by atoms with Gasteiger partial charge in [0.25, 0.3) is 0 Å². The standard InChI is InChI=1S/C52H33NOS/c1-2-9-37-30-39(17-16-34(37)8-1)38-10-7-11-44(31-38)53(42-24-18-35(19-25-42)40-22-28-50-47(32-40)45-12-3-5-14-49(45)54-50)43-26-20-36(21-27-43)41-23-29-52-48(33-41)46-13-4-6-15-51(46)55-52/h1-33H. The van der Waals surface area contributed by atoms with Crippen LogP contribution in [0.1, 0.15) is 0 Å². The topological polar surface area (TPSA) is 16.4 Å². The number of benzene rings is 9. The lowest BCUT2D eigenvalue weighted by Crippen LogP contribution is -2.10. The summed E-state index contributed by atoms with van der Waals surface area (Å²) in [6.45, 7) is 0. The van der Waals surface area contributed by atoms with E-state index in [-0.39, 0.29) is 0 Å². The van der Waals surface area contributed by atoms with Gasteiger partial charge in [-0.2, -0.15) is 0 Å². The van der Waals surface area contributed by atoms with Crippen molar-refractivity contribution in [1.29, 1.82) is 0 Å². The first kappa shape index (κ1) is 31.6. The lowest BCUT2D eigenvalue weighted by molar-refractivity contribution is 0.669. The van der Waals surface area contributed by atoms with Gasteiger partial charge in [-0.3, -0.25) is 0 Å². The maximum atomic E-state index is 6.12. The highest BCUT2D eigenvalue weighted by molar-refractivity contribution is 7.25. The molecule has 11 rings (SSSR count). The molecule has 3 heteroatoms. The maximum absolute atomic E-state index is 6.12. The maximum Gasteiger partial charge on any atom is 0.135 e. The largest absolute Gasteiger partial charge is 0.456 e. The third-order valence-corrected chi connectivity index (χ3v) is 12.0. The van der Waals surface area contributed by atoms with Crippen molar-refractivity contribution >= 4 is 81.3 Å². The lowest BCUT2D eigenvalue weighted by atomic mass is 9.99. The normalized spacial score (nSPS) is 11.6. The van der Waals surface area contributed by atoms with Crippen LogP contribution in [0.25, 0.3) is 86.3 Å². The first-order valence-corrected chi connectivity index (χ1v) is 19.5. The molecule has 0 aliphatic heterocycles. The average Bonchev–Trinajstić information content (AvgIpc) is 3.82. The Balaban J connectivity index is 0.994. The molecule has 0 aliphatic rings. The summed E-state index contributed by atoms with van der Waals surface area (Å²) in [6.07, 6.45) is 0. The van der Waals surface area contributed by atoms with Crippen LogP contribution in [0.4, 0.5) is 17.1 Å². The summed E-state index contributed by atoms with van der Waals surface area (Å²) in [5.41, 5.74) is 12.2. The van der Waals surface area contributed by atoms with E-state index < -0.39 is 0 Å². The fraction of sp³-hybridized carbons (Fsp3) is 0. The second-order valence-corrected chi connectivity index (χ2v) is 15.2. The summed E-state index contributed by atoms with van der Waals surface area (Å²) in [7, 11) is 0. The molecular formula is C52H33NOS. The number of hydrogen-bond acceptors (Lipinski definition) is 3. The number of rotatable bonds is 6. The highest BCUT2D eigenvalue weighted by Gasteiger charge is 2.16. The second kappa shape index (κ2) is 12.9. The fourth-order valence-electron chi connectivity index (χ4n) is 8.06. The van der Waals surface area contributed by atoms with Gasteiger partial charge in [0.05, 0.1) is 0 Å². The van der Waals surface area contributed by atoms with Gasteiger partial charge in [-0.25, -0.2) is 0 Å². The average molecular weight is 720 g/mol. The van der Waals surface area contributed by atoms with Gasteiger partial charge in [0.15, 0.2) is 0 Å². The Bertz CT molecular complexity index is 3050. The highest BCUT2D eigenvalue weighted by atomic mass is 32.1. The van der Waals surface area contributed by atoms with Crippen molar-refractivity contribution in [2.75, 3.05) is 4.90 Å². The lowest BCUT2D eigenvalue weighted by Gasteiger charge is -2.26. The van der Waals surface area contributed by atoms with Crippen LogP contribution < -0.4 is 4.90 Å². The molecule has 2 heterocycles. The van der Waals surface area contributed by atoms with Crippen molar-refractivity contribution in [1.82, 2.24) is 0 Å². The highest BCUT2D eigenvalue weighted by Crippen LogP contribution is 2.41. The van der Waals surface area contributed by atoms with Crippen LogP contribution in [0.15, 0.2) is 205 Å². The molecule has 0 unspecified atom stereocenters. The Morgan fingerprint density at radius 2 is 0.873 bits per heavy atom. The number of nitrogens with zero attached hydrogens (tertiary/aromatic N) is 1. The van der Waals surface area contributed by atoms with E-state index in [4.69, 9.17) is 4.42 Å². The molecule has 0 saturated carbocycles. The van der Waals surface area contributed by atoms with E-state index in [2.05, 4.69) is 193 Å². The predicted molar refractivity (Wildman–Crippen MR) is 235 cm³/mol. The first-order valence-electron chi connectivity index (χ1n) is 18.6. The van der Waals surface area contributed by atoms with Gasteiger partial charge in [0.2, 0.25) is 0 Å². The van der Waals surface area contributed by atoms with E-state index in [1.54, 1.807) is 0 Å². The van der Waals surface area contributed by atoms with Gasteiger partial charge in [-0.1, -0.05) is 121 Å².